The lowest BCUT2D eigenvalue weighted by atomic mass is 10.1. The van der Waals surface area contributed by atoms with Gasteiger partial charge in [-0.05, 0) is 30.5 Å². The summed E-state index contributed by atoms with van der Waals surface area (Å²) in [6.45, 7) is 6.06. The van der Waals surface area contributed by atoms with E-state index in [1.807, 2.05) is 39.0 Å². The number of anilines is 2. The summed E-state index contributed by atoms with van der Waals surface area (Å²) in [5.41, 5.74) is 2.75. The molecule has 106 valence electrons. The second-order valence-electron chi connectivity index (χ2n) is 5.09. The highest BCUT2D eigenvalue weighted by atomic mass is 79.9. The van der Waals surface area contributed by atoms with Gasteiger partial charge in [0.2, 0.25) is 5.95 Å². The smallest absolute Gasteiger partial charge is 0.254 e. The predicted molar refractivity (Wildman–Crippen MR) is 85.7 cm³/mol. The third kappa shape index (κ3) is 2.93. The molecule has 1 aromatic carbocycles. The van der Waals surface area contributed by atoms with Gasteiger partial charge in [-0.15, -0.1) is 0 Å². The van der Waals surface area contributed by atoms with Crippen molar-refractivity contribution in [2.24, 2.45) is 7.05 Å². The Balaban J connectivity index is 2.48. The van der Waals surface area contributed by atoms with Crippen LogP contribution in [0.5, 0.6) is 0 Å². The molecule has 0 fully saturated rings. The predicted octanol–water partition coefficient (Wildman–Crippen LogP) is 3.72. The average Bonchev–Trinajstić information content (AvgIpc) is 2.39. The largest absolute Gasteiger partial charge is 0.325 e. The van der Waals surface area contributed by atoms with Crippen molar-refractivity contribution >= 4 is 27.6 Å². The molecule has 0 saturated heterocycles. The van der Waals surface area contributed by atoms with Crippen molar-refractivity contribution in [3.63, 3.8) is 0 Å². The minimum absolute atomic E-state index is 0.0566. The summed E-state index contributed by atoms with van der Waals surface area (Å²) in [6.07, 6.45) is 0. The van der Waals surface area contributed by atoms with Crippen LogP contribution in [-0.4, -0.2) is 9.55 Å². The quantitative estimate of drug-likeness (QED) is 0.929. The first kappa shape index (κ1) is 14.8. The van der Waals surface area contributed by atoms with E-state index in [0.717, 1.165) is 21.4 Å². The van der Waals surface area contributed by atoms with Gasteiger partial charge >= 0.3 is 0 Å². The number of hydrogen-bond donors (Lipinski definition) is 1. The molecule has 0 unspecified atom stereocenters. The number of benzene rings is 1. The average molecular weight is 336 g/mol. The molecular weight excluding hydrogens is 318 g/mol. The van der Waals surface area contributed by atoms with E-state index in [2.05, 4.69) is 26.2 Å². The summed E-state index contributed by atoms with van der Waals surface area (Å²) in [6, 6.07) is 7.49. The van der Waals surface area contributed by atoms with Crippen LogP contribution in [0.3, 0.4) is 0 Å². The lowest BCUT2D eigenvalue weighted by Crippen LogP contribution is -2.22. The molecule has 0 spiro atoms. The third-order valence-electron chi connectivity index (χ3n) is 3.26. The maximum atomic E-state index is 12.0. The van der Waals surface area contributed by atoms with Crippen LogP contribution >= 0.6 is 15.9 Å². The topological polar surface area (TPSA) is 46.9 Å². The molecule has 0 amide bonds. The molecule has 0 saturated carbocycles. The molecule has 0 aliphatic rings. The molecule has 0 bridgehead atoms. The Labute approximate surface area is 127 Å². The van der Waals surface area contributed by atoms with Gasteiger partial charge in [-0.3, -0.25) is 9.36 Å². The van der Waals surface area contributed by atoms with E-state index in [1.54, 1.807) is 13.1 Å². The summed E-state index contributed by atoms with van der Waals surface area (Å²) in [4.78, 5) is 16.5. The van der Waals surface area contributed by atoms with Crippen molar-refractivity contribution in [2.45, 2.75) is 26.7 Å². The van der Waals surface area contributed by atoms with E-state index in [1.165, 1.54) is 4.57 Å². The van der Waals surface area contributed by atoms with Gasteiger partial charge in [-0.1, -0.05) is 35.8 Å². The van der Waals surface area contributed by atoms with E-state index in [-0.39, 0.29) is 11.5 Å². The summed E-state index contributed by atoms with van der Waals surface area (Å²) in [7, 11) is 1.72. The third-order valence-corrected chi connectivity index (χ3v) is 4.12. The molecule has 4 nitrogen and oxygen atoms in total. The number of aromatic nitrogens is 2. The number of hydrogen-bond acceptors (Lipinski definition) is 3. The van der Waals surface area contributed by atoms with Crippen LogP contribution < -0.4 is 10.9 Å². The normalized spacial score (nSPS) is 10.9. The van der Waals surface area contributed by atoms with Crippen molar-refractivity contribution in [2.75, 3.05) is 5.32 Å². The van der Waals surface area contributed by atoms with Gasteiger partial charge in [0, 0.05) is 23.3 Å². The first-order chi connectivity index (χ1) is 9.40. The fourth-order valence-electron chi connectivity index (χ4n) is 1.83. The Morgan fingerprint density at radius 3 is 2.70 bits per heavy atom. The molecule has 0 aliphatic heterocycles. The zero-order valence-corrected chi connectivity index (χ0v) is 13.7. The van der Waals surface area contributed by atoms with Gasteiger partial charge in [0.25, 0.3) is 5.56 Å². The summed E-state index contributed by atoms with van der Waals surface area (Å²) >= 11 is 3.50. The summed E-state index contributed by atoms with van der Waals surface area (Å²) < 4.78 is 2.54. The second-order valence-corrected chi connectivity index (χ2v) is 5.95. The molecule has 2 aromatic rings. The highest BCUT2D eigenvalue weighted by molar-refractivity contribution is 9.10. The minimum Gasteiger partial charge on any atom is -0.325 e. The second kappa shape index (κ2) is 5.79. The van der Waals surface area contributed by atoms with Crippen molar-refractivity contribution in [1.29, 1.82) is 0 Å². The summed E-state index contributed by atoms with van der Waals surface area (Å²) in [5.74, 6) is 0.774. The van der Waals surface area contributed by atoms with Gasteiger partial charge in [-0.25, -0.2) is 4.98 Å². The van der Waals surface area contributed by atoms with Crippen LogP contribution in [0.1, 0.15) is 31.0 Å². The Hall–Kier alpha value is -1.62. The molecular formula is C15H18BrN3O. The standard InChI is InChI=1S/C15H18BrN3O/c1-9(2)13-8-14(20)19(4)15(18-13)17-12-7-5-6-11(16)10(12)3/h5-9H,1-4H3,(H,17,18). The lowest BCUT2D eigenvalue weighted by molar-refractivity contribution is 0.765. The molecule has 0 radical (unpaired) electrons. The van der Waals surface area contributed by atoms with E-state index >= 15 is 0 Å². The Bertz CT molecular complexity index is 692. The molecule has 2 rings (SSSR count). The van der Waals surface area contributed by atoms with E-state index < -0.39 is 0 Å². The van der Waals surface area contributed by atoms with E-state index in [4.69, 9.17) is 0 Å². The van der Waals surface area contributed by atoms with Crippen molar-refractivity contribution < 1.29 is 0 Å². The molecule has 0 aliphatic carbocycles. The van der Waals surface area contributed by atoms with Gasteiger partial charge < -0.3 is 5.32 Å². The monoisotopic (exact) mass is 335 g/mol. The number of halogens is 1. The molecule has 5 heteroatoms. The van der Waals surface area contributed by atoms with Crippen LogP contribution in [0.4, 0.5) is 11.6 Å². The zero-order chi connectivity index (χ0) is 14.9. The first-order valence-electron chi connectivity index (χ1n) is 6.50. The fraction of sp³-hybridized carbons (Fsp3) is 0.333. The van der Waals surface area contributed by atoms with Gasteiger partial charge in [0.1, 0.15) is 0 Å². The fourth-order valence-corrected chi connectivity index (χ4v) is 2.19. The van der Waals surface area contributed by atoms with Crippen molar-refractivity contribution in [3.05, 3.63) is 50.3 Å². The molecule has 1 aromatic heterocycles. The van der Waals surface area contributed by atoms with Gasteiger partial charge in [0.15, 0.2) is 0 Å². The maximum absolute atomic E-state index is 12.0. The molecule has 0 atom stereocenters. The first-order valence-corrected chi connectivity index (χ1v) is 7.29. The Kier molecular flexibility index (Phi) is 4.28. The Morgan fingerprint density at radius 2 is 2.05 bits per heavy atom. The lowest BCUT2D eigenvalue weighted by Gasteiger charge is -2.15. The van der Waals surface area contributed by atoms with Crippen molar-refractivity contribution in [1.82, 2.24) is 9.55 Å². The van der Waals surface area contributed by atoms with Gasteiger partial charge in [-0.2, -0.15) is 0 Å². The zero-order valence-electron chi connectivity index (χ0n) is 12.1. The molecule has 1 heterocycles. The van der Waals surface area contributed by atoms with Crippen LogP contribution in [0, 0.1) is 6.92 Å². The Morgan fingerprint density at radius 1 is 1.35 bits per heavy atom. The van der Waals surface area contributed by atoms with E-state index in [0.29, 0.717) is 5.95 Å². The van der Waals surface area contributed by atoms with Crippen LogP contribution in [0.15, 0.2) is 33.5 Å². The maximum Gasteiger partial charge on any atom is 0.254 e. The molecule has 1 N–H and O–H groups in total. The van der Waals surface area contributed by atoms with E-state index in [9.17, 15) is 4.79 Å². The number of nitrogens with one attached hydrogen (secondary N) is 1. The van der Waals surface area contributed by atoms with Gasteiger partial charge in [0.05, 0.1) is 5.69 Å². The highest BCUT2D eigenvalue weighted by Crippen LogP contribution is 2.25. The van der Waals surface area contributed by atoms with Crippen LogP contribution in [-0.2, 0) is 7.05 Å². The minimum atomic E-state index is -0.0566. The highest BCUT2D eigenvalue weighted by Gasteiger charge is 2.10. The number of rotatable bonds is 3. The SMILES string of the molecule is Cc1c(Br)cccc1Nc1nc(C(C)C)cc(=O)n1C. The summed E-state index contributed by atoms with van der Waals surface area (Å²) in [5, 5.41) is 3.24. The van der Waals surface area contributed by atoms with Crippen molar-refractivity contribution in [3.8, 4) is 0 Å². The van der Waals surface area contributed by atoms with Crippen LogP contribution in [0.25, 0.3) is 0 Å². The molecule has 20 heavy (non-hydrogen) atoms. The van der Waals surface area contributed by atoms with Crippen LogP contribution in [0.2, 0.25) is 0 Å². The number of nitrogens with zero attached hydrogens (tertiary/aromatic N) is 2.